The van der Waals surface area contributed by atoms with Gasteiger partial charge in [-0.1, -0.05) is 41.9 Å². The standard InChI is InChI=1S/C18H19ClN2O2.ClH/c1-23-16-10-15(20)14(19)9-13(16)17(22)21-11-18(7-8-18)12-5-3-2-4-6-12;/h2-6,9-10H,7-8,11,20H2,1H3,(H,21,22);1H. The van der Waals surface area contributed by atoms with Crippen LogP contribution in [-0.2, 0) is 5.41 Å². The predicted octanol–water partition coefficient (Wildman–Crippen LogP) is 3.81. The maximum absolute atomic E-state index is 12.5. The first-order chi connectivity index (χ1) is 11.1. The Morgan fingerprint density at radius 1 is 1.29 bits per heavy atom. The molecule has 0 spiro atoms. The number of hydrogen-bond acceptors (Lipinski definition) is 3. The van der Waals surface area contributed by atoms with E-state index in [-0.39, 0.29) is 23.7 Å². The maximum atomic E-state index is 12.5. The number of amides is 1. The molecule has 1 fully saturated rings. The third kappa shape index (κ3) is 3.60. The van der Waals surface area contributed by atoms with E-state index in [2.05, 4.69) is 17.4 Å². The quantitative estimate of drug-likeness (QED) is 0.790. The van der Waals surface area contributed by atoms with Crippen LogP contribution < -0.4 is 15.8 Å². The second-order valence-corrected chi connectivity index (χ2v) is 6.31. The molecule has 1 amide bonds. The van der Waals surface area contributed by atoms with Gasteiger partial charge in [0.25, 0.3) is 5.91 Å². The third-order valence-corrected chi connectivity index (χ3v) is 4.72. The first kappa shape index (κ1) is 18.4. The van der Waals surface area contributed by atoms with E-state index >= 15 is 0 Å². The molecule has 4 nitrogen and oxygen atoms in total. The monoisotopic (exact) mass is 366 g/mol. The smallest absolute Gasteiger partial charge is 0.255 e. The lowest BCUT2D eigenvalue weighted by atomic mass is 9.96. The number of rotatable bonds is 5. The largest absolute Gasteiger partial charge is 0.496 e. The summed E-state index contributed by atoms with van der Waals surface area (Å²) in [7, 11) is 1.51. The average Bonchev–Trinajstić information content (AvgIpc) is 3.37. The summed E-state index contributed by atoms with van der Waals surface area (Å²) in [5, 5.41) is 3.35. The molecular weight excluding hydrogens is 347 g/mol. The number of anilines is 1. The molecule has 0 heterocycles. The van der Waals surface area contributed by atoms with Gasteiger partial charge in [-0.3, -0.25) is 4.79 Å². The van der Waals surface area contributed by atoms with E-state index in [1.807, 2.05) is 18.2 Å². The summed E-state index contributed by atoms with van der Waals surface area (Å²) in [5.74, 6) is 0.222. The Hall–Kier alpha value is -1.91. The van der Waals surface area contributed by atoms with Gasteiger partial charge in [-0.15, -0.1) is 12.4 Å². The van der Waals surface area contributed by atoms with Crippen LogP contribution in [0.2, 0.25) is 5.02 Å². The van der Waals surface area contributed by atoms with Gasteiger partial charge < -0.3 is 15.8 Å². The van der Waals surface area contributed by atoms with Gasteiger partial charge in [-0.2, -0.15) is 0 Å². The first-order valence-corrected chi connectivity index (χ1v) is 7.90. The molecule has 3 N–H and O–H groups in total. The summed E-state index contributed by atoms with van der Waals surface area (Å²) < 4.78 is 5.24. The van der Waals surface area contributed by atoms with Crippen molar-refractivity contribution in [2.45, 2.75) is 18.3 Å². The molecule has 0 unspecified atom stereocenters. The van der Waals surface area contributed by atoms with E-state index in [1.165, 1.54) is 12.7 Å². The van der Waals surface area contributed by atoms with Gasteiger partial charge in [0.1, 0.15) is 5.75 Å². The van der Waals surface area contributed by atoms with Gasteiger partial charge in [-0.05, 0) is 24.5 Å². The molecule has 0 bridgehead atoms. The molecule has 0 radical (unpaired) electrons. The lowest BCUT2D eigenvalue weighted by Gasteiger charge is -2.17. The highest BCUT2D eigenvalue weighted by molar-refractivity contribution is 6.33. The van der Waals surface area contributed by atoms with Crippen molar-refractivity contribution in [1.82, 2.24) is 5.32 Å². The number of benzene rings is 2. The van der Waals surface area contributed by atoms with Crippen LogP contribution in [0.3, 0.4) is 0 Å². The number of methoxy groups -OCH3 is 1. The van der Waals surface area contributed by atoms with Crippen LogP contribution in [0.25, 0.3) is 0 Å². The topological polar surface area (TPSA) is 64.3 Å². The van der Waals surface area contributed by atoms with Crippen LogP contribution in [0.15, 0.2) is 42.5 Å². The minimum absolute atomic E-state index is 0. The normalized spacial score (nSPS) is 14.4. The van der Waals surface area contributed by atoms with Crippen molar-refractivity contribution in [1.29, 1.82) is 0 Å². The number of nitrogens with two attached hydrogens (primary N) is 1. The number of ether oxygens (including phenoxy) is 1. The summed E-state index contributed by atoms with van der Waals surface area (Å²) >= 11 is 6.02. The van der Waals surface area contributed by atoms with Gasteiger partial charge in [-0.25, -0.2) is 0 Å². The number of carbonyl (C=O) groups excluding carboxylic acids is 1. The third-order valence-electron chi connectivity index (χ3n) is 4.39. The number of carbonyl (C=O) groups is 1. The highest BCUT2D eigenvalue weighted by Crippen LogP contribution is 2.47. The molecule has 3 rings (SSSR count). The zero-order valence-corrected chi connectivity index (χ0v) is 14.9. The van der Waals surface area contributed by atoms with Gasteiger partial charge in [0.15, 0.2) is 0 Å². The number of nitrogens with one attached hydrogen (secondary N) is 1. The molecule has 2 aromatic rings. The second-order valence-electron chi connectivity index (χ2n) is 5.90. The minimum atomic E-state index is -0.203. The molecule has 128 valence electrons. The number of nitrogen functional groups attached to an aromatic ring is 1. The molecule has 1 saturated carbocycles. The Morgan fingerprint density at radius 3 is 2.54 bits per heavy atom. The summed E-state index contributed by atoms with van der Waals surface area (Å²) in [4.78, 5) is 12.5. The Kier molecular flexibility index (Phi) is 5.62. The molecule has 0 saturated heterocycles. The van der Waals surface area contributed by atoms with Crippen LogP contribution in [0.1, 0.15) is 28.8 Å². The lowest BCUT2D eigenvalue weighted by molar-refractivity contribution is 0.0946. The Labute approximate surface area is 152 Å². The van der Waals surface area contributed by atoms with Crippen LogP contribution >= 0.6 is 24.0 Å². The highest BCUT2D eigenvalue weighted by atomic mass is 35.5. The molecule has 2 aromatic carbocycles. The molecule has 0 aliphatic heterocycles. The van der Waals surface area contributed by atoms with Crippen molar-refractivity contribution in [2.75, 3.05) is 19.4 Å². The summed E-state index contributed by atoms with van der Waals surface area (Å²) in [6.07, 6.45) is 2.16. The van der Waals surface area contributed by atoms with Crippen molar-refractivity contribution >= 4 is 35.6 Å². The van der Waals surface area contributed by atoms with Crippen molar-refractivity contribution in [3.05, 3.63) is 58.6 Å². The average molecular weight is 367 g/mol. The zero-order valence-electron chi connectivity index (χ0n) is 13.3. The highest BCUT2D eigenvalue weighted by Gasteiger charge is 2.44. The fourth-order valence-electron chi connectivity index (χ4n) is 2.77. The molecule has 0 aromatic heterocycles. The maximum Gasteiger partial charge on any atom is 0.255 e. The zero-order chi connectivity index (χ0) is 16.4. The van der Waals surface area contributed by atoms with Crippen molar-refractivity contribution < 1.29 is 9.53 Å². The number of halogens is 2. The van der Waals surface area contributed by atoms with Gasteiger partial charge >= 0.3 is 0 Å². The molecule has 1 aliphatic carbocycles. The van der Waals surface area contributed by atoms with Gasteiger partial charge in [0.05, 0.1) is 23.4 Å². The molecule has 0 atom stereocenters. The van der Waals surface area contributed by atoms with Gasteiger partial charge in [0.2, 0.25) is 0 Å². The van der Waals surface area contributed by atoms with E-state index in [4.69, 9.17) is 22.1 Å². The molecule has 1 aliphatic rings. The summed E-state index contributed by atoms with van der Waals surface area (Å²) in [5.41, 5.74) is 7.86. The predicted molar refractivity (Wildman–Crippen MR) is 99.4 cm³/mol. The van der Waals surface area contributed by atoms with E-state index in [9.17, 15) is 4.79 Å². The molecule has 24 heavy (non-hydrogen) atoms. The second kappa shape index (κ2) is 7.32. The molecule has 6 heteroatoms. The number of hydrogen-bond donors (Lipinski definition) is 2. The SMILES string of the molecule is COc1cc(N)c(Cl)cc1C(=O)NCC1(c2ccccc2)CC1.Cl. The summed E-state index contributed by atoms with van der Waals surface area (Å²) in [6.45, 7) is 0.598. The van der Waals surface area contributed by atoms with Crippen LogP contribution in [-0.4, -0.2) is 19.6 Å². The Balaban J connectivity index is 0.00000208. The fourth-order valence-corrected chi connectivity index (χ4v) is 2.93. The first-order valence-electron chi connectivity index (χ1n) is 7.52. The van der Waals surface area contributed by atoms with E-state index < -0.39 is 0 Å². The van der Waals surface area contributed by atoms with E-state index in [0.717, 1.165) is 12.8 Å². The fraction of sp³-hybridized carbons (Fsp3) is 0.278. The van der Waals surface area contributed by atoms with E-state index in [1.54, 1.807) is 12.1 Å². The van der Waals surface area contributed by atoms with Gasteiger partial charge in [0, 0.05) is 18.0 Å². The lowest BCUT2D eigenvalue weighted by Crippen LogP contribution is -2.32. The summed E-state index contributed by atoms with van der Waals surface area (Å²) in [6, 6.07) is 13.4. The molecular formula is C18H20Cl2N2O2. The Morgan fingerprint density at radius 2 is 1.96 bits per heavy atom. The van der Waals surface area contributed by atoms with Crippen LogP contribution in [0.4, 0.5) is 5.69 Å². The Bertz CT molecular complexity index is 731. The van der Waals surface area contributed by atoms with Crippen molar-refractivity contribution in [3.8, 4) is 5.75 Å². The minimum Gasteiger partial charge on any atom is -0.496 e. The van der Waals surface area contributed by atoms with Crippen molar-refractivity contribution in [3.63, 3.8) is 0 Å². The van der Waals surface area contributed by atoms with Crippen LogP contribution in [0, 0.1) is 0 Å². The van der Waals surface area contributed by atoms with Crippen molar-refractivity contribution in [2.24, 2.45) is 0 Å². The van der Waals surface area contributed by atoms with Crippen LogP contribution in [0.5, 0.6) is 5.75 Å². The van der Waals surface area contributed by atoms with E-state index in [0.29, 0.717) is 28.6 Å².